The van der Waals surface area contributed by atoms with Crippen LogP contribution in [0.5, 0.6) is 0 Å². The number of hydrogen-bond donors (Lipinski definition) is 1. The van der Waals surface area contributed by atoms with Crippen LogP contribution in [0.2, 0.25) is 0 Å². The lowest BCUT2D eigenvalue weighted by atomic mass is 9.91. The highest BCUT2D eigenvalue weighted by Crippen LogP contribution is 2.29. The lowest BCUT2D eigenvalue weighted by molar-refractivity contribution is -0.119. The van der Waals surface area contributed by atoms with Crippen molar-refractivity contribution >= 4 is 28.6 Å². The minimum atomic E-state index is -0.494. The number of benzene rings is 1. The number of esters is 1. The summed E-state index contributed by atoms with van der Waals surface area (Å²) >= 11 is 0. The van der Waals surface area contributed by atoms with E-state index < -0.39 is 18.5 Å². The first kappa shape index (κ1) is 19.1. The van der Waals surface area contributed by atoms with Crippen LogP contribution in [0.15, 0.2) is 34.9 Å². The summed E-state index contributed by atoms with van der Waals surface area (Å²) in [6.07, 6.45) is 6.04. The molecule has 150 valence electrons. The van der Waals surface area contributed by atoms with Crippen molar-refractivity contribution in [2.45, 2.75) is 45.4 Å². The normalized spacial score (nSPS) is 14.0. The number of hydrogen-bond acceptors (Lipinski definition) is 6. The lowest BCUT2D eigenvalue weighted by Crippen LogP contribution is -2.22. The third-order valence-corrected chi connectivity index (χ3v) is 5.10. The van der Waals surface area contributed by atoms with Gasteiger partial charge in [-0.15, -0.1) is 0 Å². The van der Waals surface area contributed by atoms with E-state index in [1.54, 1.807) is 13.0 Å². The van der Waals surface area contributed by atoms with E-state index in [-0.39, 0.29) is 0 Å². The van der Waals surface area contributed by atoms with Gasteiger partial charge in [-0.3, -0.25) is 9.78 Å². The molecule has 1 aliphatic rings. The number of ether oxygens (including phenoxy) is 1. The monoisotopic (exact) mass is 393 g/mol. The third-order valence-electron chi connectivity index (χ3n) is 5.10. The van der Waals surface area contributed by atoms with Gasteiger partial charge in [-0.1, -0.05) is 36.2 Å². The van der Waals surface area contributed by atoms with Gasteiger partial charge in [0.25, 0.3) is 5.91 Å². The Morgan fingerprint density at radius 1 is 1.14 bits per heavy atom. The molecule has 0 unspecified atom stereocenters. The second-order valence-electron chi connectivity index (χ2n) is 7.29. The van der Waals surface area contributed by atoms with Crippen molar-refractivity contribution in [1.82, 2.24) is 10.1 Å². The van der Waals surface area contributed by atoms with Gasteiger partial charge in [-0.05, 0) is 44.2 Å². The largest absolute Gasteiger partial charge is 0.452 e. The predicted octanol–water partition coefficient (Wildman–Crippen LogP) is 3.99. The first-order valence-electron chi connectivity index (χ1n) is 9.92. The summed E-state index contributed by atoms with van der Waals surface area (Å²) in [5.74, 6) is -0.0815. The molecular formula is C22H23N3O4. The Balaban J connectivity index is 1.58. The van der Waals surface area contributed by atoms with E-state index in [1.807, 2.05) is 24.3 Å². The molecule has 4 rings (SSSR count). The highest BCUT2D eigenvalue weighted by Gasteiger charge is 2.23. The van der Waals surface area contributed by atoms with Crippen LogP contribution in [0.4, 0.5) is 5.82 Å². The van der Waals surface area contributed by atoms with Gasteiger partial charge < -0.3 is 14.6 Å². The number of carbonyl (C=O) groups excluding carboxylic acids is 2. The number of fused-ring (bicyclic) bond motifs is 2. The van der Waals surface area contributed by atoms with Gasteiger partial charge >= 0.3 is 5.97 Å². The summed E-state index contributed by atoms with van der Waals surface area (Å²) in [6.45, 7) is 1.33. The minimum Gasteiger partial charge on any atom is -0.452 e. The van der Waals surface area contributed by atoms with Crippen LogP contribution in [-0.4, -0.2) is 28.6 Å². The maximum absolute atomic E-state index is 13.0. The third kappa shape index (κ3) is 4.29. The molecule has 7 heteroatoms. The van der Waals surface area contributed by atoms with Crippen LogP contribution in [0.3, 0.4) is 0 Å². The Bertz CT molecular complexity index is 1060. The summed E-state index contributed by atoms with van der Waals surface area (Å²) in [4.78, 5) is 30.0. The van der Waals surface area contributed by atoms with Crippen LogP contribution in [0.1, 0.15) is 53.1 Å². The number of pyridine rings is 1. The van der Waals surface area contributed by atoms with Crippen molar-refractivity contribution in [3.63, 3.8) is 0 Å². The van der Waals surface area contributed by atoms with E-state index in [4.69, 9.17) is 14.2 Å². The van der Waals surface area contributed by atoms with Crippen LogP contribution < -0.4 is 5.32 Å². The SMILES string of the molecule is Cc1cc(NC(=O)COC(=O)c2c3c(nc4ccccc24)CCCCCC3)no1. The number of nitrogens with zero attached hydrogens (tertiary/aromatic N) is 2. The fourth-order valence-corrected chi connectivity index (χ4v) is 3.77. The van der Waals surface area contributed by atoms with Gasteiger partial charge in [-0.25, -0.2) is 4.79 Å². The molecule has 0 fully saturated rings. The quantitative estimate of drug-likeness (QED) is 0.674. The zero-order valence-corrected chi connectivity index (χ0v) is 16.4. The maximum Gasteiger partial charge on any atom is 0.339 e. The molecule has 2 heterocycles. The number of aromatic nitrogens is 2. The predicted molar refractivity (Wildman–Crippen MR) is 108 cm³/mol. The van der Waals surface area contributed by atoms with E-state index in [0.29, 0.717) is 17.1 Å². The summed E-state index contributed by atoms with van der Waals surface area (Å²) in [5, 5.41) is 7.03. The van der Waals surface area contributed by atoms with Crippen molar-refractivity contribution < 1.29 is 18.8 Å². The van der Waals surface area contributed by atoms with E-state index >= 15 is 0 Å². The van der Waals surface area contributed by atoms with Crippen LogP contribution in [-0.2, 0) is 22.4 Å². The first-order valence-corrected chi connectivity index (χ1v) is 9.92. The molecule has 0 saturated heterocycles. The number of anilines is 1. The van der Waals surface area contributed by atoms with Crippen LogP contribution in [0.25, 0.3) is 10.9 Å². The van der Waals surface area contributed by atoms with Gasteiger partial charge in [0, 0.05) is 17.1 Å². The zero-order valence-electron chi connectivity index (χ0n) is 16.4. The smallest absolute Gasteiger partial charge is 0.339 e. The zero-order chi connectivity index (χ0) is 20.2. The molecule has 0 spiro atoms. The number of carbonyl (C=O) groups is 2. The molecule has 1 N–H and O–H groups in total. The first-order chi connectivity index (χ1) is 14.1. The lowest BCUT2D eigenvalue weighted by Gasteiger charge is -2.18. The minimum absolute atomic E-state index is 0.294. The number of nitrogens with one attached hydrogen (secondary N) is 1. The highest BCUT2D eigenvalue weighted by molar-refractivity contribution is 6.06. The molecule has 29 heavy (non-hydrogen) atoms. The fourth-order valence-electron chi connectivity index (χ4n) is 3.77. The second kappa shape index (κ2) is 8.43. The van der Waals surface area contributed by atoms with Gasteiger partial charge in [-0.2, -0.15) is 0 Å². The topological polar surface area (TPSA) is 94.3 Å². The summed E-state index contributed by atoms with van der Waals surface area (Å²) in [5.41, 5.74) is 3.25. The molecule has 1 aliphatic carbocycles. The Morgan fingerprint density at radius 2 is 1.93 bits per heavy atom. The molecule has 0 atom stereocenters. The Kier molecular flexibility index (Phi) is 5.55. The summed E-state index contributed by atoms with van der Waals surface area (Å²) in [6, 6.07) is 9.18. The summed E-state index contributed by atoms with van der Waals surface area (Å²) in [7, 11) is 0. The van der Waals surface area contributed by atoms with Gasteiger partial charge in [0.1, 0.15) is 5.76 Å². The fraction of sp³-hybridized carbons (Fsp3) is 0.364. The van der Waals surface area contributed by atoms with Crippen molar-refractivity contribution in [3.8, 4) is 0 Å². The molecule has 0 bridgehead atoms. The Morgan fingerprint density at radius 3 is 2.72 bits per heavy atom. The van der Waals surface area contributed by atoms with E-state index in [1.165, 1.54) is 6.42 Å². The molecule has 2 aromatic heterocycles. The van der Waals surface area contributed by atoms with Crippen molar-refractivity contribution in [2.75, 3.05) is 11.9 Å². The van der Waals surface area contributed by atoms with E-state index in [0.717, 1.165) is 54.3 Å². The second-order valence-corrected chi connectivity index (χ2v) is 7.29. The van der Waals surface area contributed by atoms with E-state index in [9.17, 15) is 9.59 Å². The maximum atomic E-state index is 13.0. The molecular weight excluding hydrogens is 370 g/mol. The molecule has 7 nitrogen and oxygen atoms in total. The average Bonchev–Trinajstić information content (AvgIpc) is 3.10. The molecule has 1 amide bonds. The average molecular weight is 393 g/mol. The number of amides is 1. The van der Waals surface area contributed by atoms with Crippen LogP contribution in [0, 0.1) is 6.92 Å². The molecule has 3 aromatic rings. The standard InChI is InChI=1S/C22H23N3O4/c1-14-12-19(25-29-14)24-20(26)13-28-22(27)21-15-8-4-2-3-5-10-17(15)23-18-11-7-6-9-16(18)21/h6-7,9,11-12H,2-5,8,10,13H2,1H3,(H,24,25,26). The number of aryl methyl sites for hydroxylation is 2. The highest BCUT2D eigenvalue weighted by atomic mass is 16.5. The molecule has 0 aliphatic heterocycles. The van der Waals surface area contributed by atoms with Crippen LogP contribution >= 0.6 is 0 Å². The number of rotatable bonds is 4. The molecule has 1 aromatic carbocycles. The summed E-state index contributed by atoms with van der Waals surface area (Å²) < 4.78 is 10.3. The number of para-hydroxylation sites is 1. The molecule has 0 radical (unpaired) electrons. The van der Waals surface area contributed by atoms with Crippen molar-refractivity contribution in [1.29, 1.82) is 0 Å². The van der Waals surface area contributed by atoms with Crippen molar-refractivity contribution in [2.24, 2.45) is 0 Å². The Labute approximate surface area is 168 Å². The van der Waals surface area contributed by atoms with Gasteiger partial charge in [0.2, 0.25) is 0 Å². The Hall–Kier alpha value is -3.22. The van der Waals surface area contributed by atoms with Gasteiger partial charge in [0.05, 0.1) is 11.1 Å². The van der Waals surface area contributed by atoms with Gasteiger partial charge in [0.15, 0.2) is 12.4 Å². The van der Waals surface area contributed by atoms with E-state index in [2.05, 4.69) is 10.5 Å². The van der Waals surface area contributed by atoms with Crippen molar-refractivity contribution in [3.05, 3.63) is 52.9 Å². The molecule has 0 saturated carbocycles.